The number of nitrogens with zero attached hydrogens (tertiary/aromatic N) is 2. The van der Waals surface area contributed by atoms with Crippen LogP contribution in [0.3, 0.4) is 0 Å². The highest BCUT2D eigenvalue weighted by Gasteiger charge is 2.04. The molecule has 84 valence electrons. The van der Waals surface area contributed by atoms with Gasteiger partial charge >= 0.3 is 0 Å². The van der Waals surface area contributed by atoms with Gasteiger partial charge in [0.2, 0.25) is 0 Å². The first-order chi connectivity index (χ1) is 7.36. The van der Waals surface area contributed by atoms with Gasteiger partial charge in [-0.3, -0.25) is 0 Å². The molecule has 0 spiro atoms. The molecule has 4 nitrogen and oxygen atoms in total. The van der Waals surface area contributed by atoms with Gasteiger partial charge in [-0.25, -0.2) is 9.97 Å². The zero-order chi connectivity index (χ0) is 10.9. The maximum atomic E-state index is 8.84. The third kappa shape index (κ3) is 4.85. The van der Waals surface area contributed by atoms with E-state index in [2.05, 4.69) is 22.2 Å². The average Bonchev–Trinajstić information content (AvgIpc) is 2.29. The molecule has 1 aromatic rings. The van der Waals surface area contributed by atoms with Crippen molar-refractivity contribution in [2.75, 3.05) is 13.2 Å². The predicted octanol–water partition coefficient (Wildman–Crippen LogP) is 0.975. The molecule has 0 aromatic carbocycles. The molecule has 0 bridgehead atoms. The number of aliphatic hydroxyl groups excluding tert-OH is 1. The first-order valence-corrected chi connectivity index (χ1v) is 5.43. The van der Waals surface area contributed by atoms with Crippen molar-refractivity contribution in [1.82, 2.24) is 15.3 Å². The number of hydrogen-bond acceptors (Lipinski definition) is 4. The summed E-state index contributed by atoms with van der Waals surface area (Å²) in [4.78, 5) is 7.99. The monoisotopic (exact) mass is 209 g/mol. The van der Waals surface area contributed by atoms with Crippen LogP contribution in [0.15, 0.2) is 18.6 Å². The lowest BCUT2D eigenvalue weighted by Gasteiger charge is -2.13. The molecule has 1 aromatic heterocycles. The van der Waals surface area contributed by atoms with Gasteiger partial charge in [-0.15, -0.1) is 0 Å². The predicted molar refractivity (Wildman–Crippen MR) is 59.2 cm³/mol. The molecule has 0 radical (unpaired) electrons. The normalized spacial score (nSPS) is 12.7. The second kappa shape index (κ2) is 7.31. The molecule has 2 N–H and O–H groups in total. The molecule has 0 saturated heterocycles. The van der Waals surface area contributed by atoms with Crippen LogP contribution >= 0.6 is 0 Å². The molecule has 0 aliphatic carbocycles. The lowest BCUT2D eigenvalue weighted by molar-refractivity contribution is 0.251. The van der Waals surface area contributed by atoms with Crippen molar-refractivity contribution < 1.29 is 5.11 Å². The van der Waals surface area contributed by atoms with Crippen LogP contribution in [0.2, 0.25) is 0 Å². The Morgan fingerprint density at radius 2 is 2.40 bits per heavy atom. The van der Waals surface area contributed by atoms with Gasteiger partial charge in [-0.1, -0.05) is 13.3 Å². The molecule has 0 saturated carbocycles. The largest absolute Gasteiger partial charge is 0.396 e. The van der Waals surface area contributed by atoms with Crippen molar-refractivity contribution in [3.05, 3.63) is 24.3 Å². The summed E-state index contributed by atoms with van der Waals surface area (Å²) >= 11 is 0. The van der Waals surface area contributed by atoms with E-state index in [1.54, 1.807) is 12.5 Å². The number of rotatable bonds is 7. The maximum absolute atomic E-state index is 8.84. The number of hydrogen-bond donors (Lipinski definition) is 2. The average molecular weight is 209 g/mol. The molecule has 4 heteroatoms. The van der Waals surface area contributed by atoms with Gasteiger partial charge in [0.15, 0.2) is 0 Å². The summed E-state index contributed by atoms with van der Waals surface area (Å²) in [6, 6.07) is 1.90. The third-order valence-electron chi connectivity index (χ3n) is 2.50. The zero-order valence-electron chi connectivity index (χ0n) is 9.19. The third-order valence-corrected chi connectivity index (χ3v) is 2.50. The van der Waals surface area contributed by atoms with E-state index in [0.717, 1.165) is 31.6 Å². The van der Waals surface area contributed by atoms with Crippen LogP contribution in [0.1, 0.15) is 25.5 Å². The molecule has 0 aliphatic heterocycles. The summed E-state index contributed by atoms with van der Waals surface area (Å²) < 4.78 is 0. The van der Waals surface area contributed by atoms with E-state index in [0.29, 0.717) is 5.92 Å². The quantitative estimate of drug-likeness (QED) is 0.702. The Labute approximate surface area is 90.8 Å². The Morgan fingerprint density at radius 1 is 1.53 bits per heavy atom. The molecule has 15 heavy (non-hydrogen) atoms. The van der Waals surface area contributed by atoms with Crippen molar-refractivity contribution in [2.24, 2.45) is 5.92 Å². The molecule has 1 heterocycles. The minimum absolute atomic E-state index is 0.272. The van der Waals surface area contributed by atoms with Gasteiger partial charge in [0, 0.05) is 19.3 Å². The number of aliphatic hydroxyl groups is 1. The molecule has 0 aliphatic rings. The van der Waals surface area contributed by atoms with E-state index in [9.17, 15) is 0 Å². The van der Waals surface area contributed by atoms with E-state index < -0.39 is 0 Å². The van der Waals surface area contributed by atoms with Crippen LogP contribution in [0.25, 0.3) is 0 Å². The van der Waals surface area contributed by atoms with Gasteiger partial charge in [0.25, 0.3) is 0 Å². The van der Waals surface area contributed by atoms with Crippen LogP contribution in [0.5, 0.6) is 0 Å². The van der Waals surface area contributed by atoms with Crippen LogP contribution in [0.4, 0.5) is 0 Å². The number of aromatic nitrogens is 2. The SMILES string of the molecule is CCC(CCO)CNCc1ccncn1. The zero-order valence-corrected chi connectivity index (χ0v) is 9.19. The van der Waals surface area contributed by atoms with Crippen molar-refractivity contribution in [1.29, 1.82) is 0 Å². The smallest absolute Gasteiger partial charge is 0.115 e. The first-order valence-electron chi connectivity index (χ1n) is 5.43. The Morgan fingerprint density at radius 3 is 3.00 bits per heavy atom. The maximum Gasteiger partial charge on any atom is 0.115 e. The Balaban J connectivity index is 2.20. The van der Waals surface area contributed by atoms with Crippen molar-refractivity contribution in [3.63, 3.8) is 0 Å². The van der Waals surface area contributed by atoms with Gasteiger partial charge in [0.1, 0.15) is 6.33 Å². The summed E-state index contributed by atoms with van der Waals surface area (Å²) in [5.41, 5.74) is 1.00. The Hall–Kier alpha value is -1.00. The van der Waals surface area contributed by atoms with E-state index in [1.807, 2.05) is 6.07 Å². The summed E-state index contributed by atoms with van der Waals surface area (Å²) in [5.74, 6) is 0.553. The van der Waals surface area contributed by atoms with Crippen LogP contribution < -0.4 is 5.32 Å². The molecule has 1 rings (SSSR count). The van der Waals surface area contributed by atoms with Gasteiger partial charge in [-0.05, 0) is 24.9 Å². The highest BCUT2D eigenvalue weighted by atomic mass is 16.3. The summed E-state index contributed by atoms with van der Waals surface area (Å²) in [5, 5.41) is 12.2. The highest BCUT2D eigenvalue weighted by molar-refractivity contribution is 4.96. The summed E-state index contributed by atoms with van der Waals surface area (Å²) in [7, 11) is 0. The van der Waals surface area contributed by atoms with E-state index >= 15 is 0 Å². The topological polar surface area (TPSA) is 58.0 Å². The van der Waals surface area contributed by atoms with Crippen LogP contribution in [-0.2, 0) is 6.54 Å². The summed E-state index contributed by atoms with van der Waals surface area (Å²) in [6.45, 7) is 4.12. The van der Waals surface area contributed by atoms with Crippen LogP contribution in [-0.4, -0.2) is 28.2 Å². The molecule has 1 atom stereocenters. The second-order valence-electron chi connectivity index (χ2n) is 3.62. The van der Waals surface area contributed by atoms with Crippen molar-refractivity contribution in [3.8, 4) is 0 Å². The van der Waals surface area contributed by atoms with Crippen molar-refractivity contribution >= 4 is 0 Å². The fourth-order valence-electron chi connectivity index (χ4n) is 1.46. The molecule has 0 amide bonds. The molecular weight excluding hydrogens is 190 g/mol. The van der Waals surface area contributed by atoms with E-state index in [-0.39, 0.29) is 6.61 Å². The fraction of sp³-hybridized carbons (Fsp3) is 0.636. The van der Waals surface area contributed by atoms with E-state index in [4.69, 9.17) is 5.11 Å². The van der Waals surface area contributed by atoms with Crippen LogP contribution in [0, 0.1) is 5.92 Å². The minimum atomic E-state index is 0.272. The standard InChI is InChI=1S/C11H19N3O/c1-2-10(4-6-15)7-13-8-11-3-5-12-9-14-11/h3,5,9-10,13,15H,2,4,6-8H2,1H3. The van der Waals surface area contributed by atoms with Gasteiger partial charge < -0.3 is 10.4 Å². The fourth-order valence-corrected chi connectivity index (χ4v) is 1.46. The lowest BCUT2D eigenvalue weighted by Crippen LogP contribution is -2.23. The lowest BCUT2D eigenvalue weighted by atomic mass is 10.0. The Bertz CT molecular complexity index is 253. The molecule has 0 fully saturated rings. The highest BCUT2D eigenvalue weighted by Crippen LogP contribution is 2.05. The van der Waals surface area contributed by atoms with E-state index in [1.165, 1.54) is 0 Å². The first kappa shape index (κ1) is 12.1. The molecule has 1 unspecified atom stereocenters. The van der Waals surface area contributed by atoms with Gasteiger partial charge in [0.05, 0.1) is 5.69 Å². The van der Waals surface area contributed by atoms with Crippen molar-refractivity contribution in [2.45, 2.75) is 26.3 Å². The second-order valence-corrected chi connectivity index (χ2v) is 3.62. The summed E-state index contributed by atoms with van der Waals surface area (Å²) in [6.07, 6.45) is 5.27. The molecular formula is C11H19N3O. The Kier molecular flexibility index (Phi) is 5.88. The minimum Gasteiger partial charge on any atom is -0.396 e. The number of nitrogens with one attached hydrogen (secondary N) is 1. The van der Waals surface area contributed by atoms with Gasteiger partial charge in [-0.2, -0.15) is 0 Å².